The molecule has 0 spiro atoms. The van der Waals surface area contributed by atoms with Gasteiger partial charge in [0.1, 0.15) is 5.82 Å². The highest BCUT2D eigenvalue weighted by molar-refractivity contribution is 7.88. The summed E-state index contributed by atoms with van der Waals surface area (Å²) < 4.78 is 39.7. The molecule has 1 aliphatic rings. The predicted molar refractivity (Wildman–Crippen MR) is 90.2 cm³/mol. The Labute approximate surface area is 140 Å². The van der Waals surface area contributed by atoms with Crippen LogP contribution in [0.25, 0.3) is 0 Å². The fourth-order valence-corrected chi connectivity index (χ4v) is 4.90. The van der Waals surface area contributed by atoms with Crippen molar-refractivity contribution < 1.29 is 12.8 Å². The SMILES string of the molecule is O=S(=O)(Cc1cccc(F)c1)N1CCN(Cc2ccsc2)CC1. The first-order valence-corrected chi connectivity index (χ1v) is 10.0. The molecule has 2 aromatic rings. The molecular formula is C16H19FN2O2S2. The lowest BCUT2D eigenvalue weighted by Crippen LogP contribution is -2.48. The monoisotopic (exact) mass is 354 g/mol. The molecule has 0 radical (unpaired) electrons. The van der Waals surface area contributed by atoms with Crippen LogP contribution in [0.4, 0.5) is 4.39 Å². The molecule has 0 unspecified atom stereocenters. The van der Waals surface area contributed by atoms with Crippen LogP contribution in [-0.2, 0) is 22.3 Å². The van der Waals surface area contributed by atoms with E-state index < -0.39 is 15.8 Å². The molecule has 1 aliphatic heterocycles. The molecule has 0 N–H and O–H groups in total. The van der Waals surface area contributed by atoms with Gasteiger partial charge in [-0.2, -0.15) is 15.6 Å². The molecule has 1 saturated heterocycles. The van der Waals surface area contributed by atoms with Crippen LogP contribution in [0.15, 0.2) is 41.1 Å². The van der Waals surface area contributed by atoms with E-state index in [0.717, 1.165) is 19.6 Å². The molecule has 4 nitrogen and oxygen atoms in total. The molecule has 7 heteroatoms. The molecule has 0 bridgehead atoms. The van der Waals surface area contributed by atoms with E-state index in [2.05, 4.69) is 21.7 Å². The Bertz CT molecular complexity index is 739. The third-order valence-electron chi connectivity index (χ3n) is 3.95. The van der Waals surface area contributed by atoms with E-state index in [1.54, 1.807) is 23.5 Å². The van der Waals surface area contributed by atoms with E-state index in [4.69, 9.17) is 0 Å². The molecule has 1 aromatic heterocycles. The number of hydrogen-bond donors (Lipinski definition) is 0. The Balaban J connectivity index is 1.57. The maximum absolute atomic E-state index is 13.2. The Kier molecular flexibility index (Phi) is 5.11. The quantitative estimate of drug-likeness (QED) is 0.828. The van der Waals surface area contributed by atoms with Crippen molar-refractivity contribution >= 4 is 21.4 Å². The summed E-state index contributed by atoms with van der Waals surface area (Å²) in [5.41, 5.74) is 1.76. The summed E-state index contributed by atoms with van der Waals surface area (Å²) in [5, 5.41) is 4.17. The van der Waals surface area contributed by atoms with Crippen molar-refractivity contribution in [2.24, 2.45) is 0 Å². The van der Waals surface area contributed by atoms with Crippen LogP contribution in [0.5, 0.6) is 0 Å². The second-order valence-corrected chi connectivity index (χ2v) is 8.44. The Hall–Kier alpha value is -1.28. The smallest absolute Gasteiger partial charge is 0.218 e. The fraction of sp³-hybridized carbons (Fsp3) is 0.375. The van der Waals surface area contributed by atoms with Crippen LogP contribution in [0.3, 0.4) is 0 Å². The summed E-state index contributed by atoms with van der Waals surface area (Å²) in [6, 6.07) is 7.88. The zero-order valence-electron chi connectivity index (χ0n) is 12.7. The number of rotatable bonds is 5. The molecule has 1 fully saturated rings. The van der Waals surface area contributed by atoms with Crippen molar-refractivity contribution in [3.05, 3.63) is 58.0 Å². The topological polar surface area (TPSA) is 40.6 Å². The fourth-order valence-electron chi connectivity index (χ4n) is 2.74. The van der Waals surface area contributed by atoms with E-state index in [1.165, 1.54) is 22.0 Å². The first-order valence-electron chi connectivity index (χ1n) is 7.49. The van der Waals surface area contributed by atoms with Gasteiger partial charge in [-0.25, -0.2) is 12.8 Å². The molecular weight excluding hydrogens is 335 g/mol. The molecule has 0 saturated carbocycles. The average molecular weight is 354 g/mol. The second-order valence-electron chi connectivity index (χ2n) is 5.69. The summed E-state index contributed by atoms with van der Waals surface area (Å²) in [5.74, 6) is -0.548. The summed E-state index contributed by atoms with van der Waals surface area (Å²) >= 11 is 1.67. The molecule has 1 aromatic carbocycles. The first kappa shape index (κ1) is 16.6. The third-order valence-corrected chi connectivity index (χ3v) is 6.53. The second kappa shape index (κ2) is 7.09. The summed E-state index contributed by atoms with van der Waals surface area (Å²) in [4.78, 5) is 2.26. The van der Waals surface area contributed by atoms with Crippen molar-refractivity contribution in [2.75, 3.05) is 26.2 Å². The Morgan fingerprint density at radius 2 is 1.87 bits per heavy atom. The summed E-state index contributed by atoms with van der Waals surface area (Å²) in [6.45, 7) is 3.28. The molecule has 2 heterocycles. The van der Waals surface area contributed by atoms with E-state index >= 15 is 0 Å². The highest BCUT2D eigenvalue weighted by atomic mass is 32.2. The normalized spacial score (nSPS) is 17.4. The lowest BCUT2D eigenvalue weighted by atomic mass is 10.2. The highest BCUT2D eigenvalue weighted by Gasteiger charge is 2.27. The predicted octanol–water partition coefficient (Wildman–Crippen LogP) is 2.53. The molecule has 0 atom stereocenters. The number of benzene rings is 1. The average Bonchev–Trinajstić information content (AvgIpc) is 3.00. The van der Waals surface area contributed by atoms with Gasteiger partial charge in [0.05, 0.1) is 5.75 Å². The van der Waals surface area contributed by atoms with E-state index in [1.807, 2.05) is 0 Å². The van der Waals surface area contributed by atoms with Crippen LogP contribution in [0, 0.1) is 5.82 Å². The highest BCUT2D eigenvalue weighted by Crippen LogP contribution is 2.16. The standard InChI is InChI=1S/C16H19FN2O2S2/c17-16-3-1-2-14(10-16)13-23(20,21)19-7-5-18(6-8-19)11-15-4-9-22-12-15/h1-4,9-10,12H,5-8,11,13H2. The van der Waals surface area contributed by atoms with Gasteiger partial charge in [-0.05, 0) is 40.1 Å². The lowest BCUT2D eigenvalue weighted by Gasteiger charge is -2.33. The van der Waals surface area contributed by atoms with Crippen molar-refractivity contribution in [1.29, 1.82) is 0 Å². The zero-order chi connectivity index (χ0) is 16.3. The van der Waals surface area contributed by atoms with Crippen LogP contribution in [-0.4, -0.2) is 43.8 Å². The van der Waals surface area contributed by atoms with Crippen molar-refractivity contribution in [1.82, 2.24) is 9.21 Å². The maximum atomic E-state index is 13.2. The minimum absolute atomic E-state index is 0.144. The van der Waals surface area contributed by atoms with E-state index in [-0.39, 0.29) is 5.75 Å². The van der Waals surface area contributed by atoms with Crippen LogP contribution >= 0.6 is 11.3 Å². The zero-order valence-corrected chi connectivity index (χ0v) is 14.3. The van der Waals surface area contributed by atoms with Crippen molar-refractivity contribution in [3.63, 3.8) is 0 Å². The number of thiophene rings is 1. The van der Waals surface area contributed by atoms with Gasteiger partial charge < -0.3 is 0 Å². The van der Waals surface area contributed by atoms with Gasteiger partial charge in [0.15, 0.2) is 0 Å². The van der Waals surface area contributed by atoms with Gasteiger partial charge in [-0.15, -0.1) is 0 Å². The van der Waals surface area contributed by atoms with Crippen LogP contribution in [0.2, 0.25) is 0 Å². The molecule has 0 amide bonds. The number of sulfonamides is 1. The molecule has 23 heavy (non-hydrogen) atoms. The minimum Gasteiger partial charge on any atom is -0.296 e. The number of halogens is 1. The van der Waals surface area contributed by atoms with E-state index in [0.29, 0.717) is 18.7 Å². The van der Waals surface area contributed by atoms with Gasteiger partial charge >= 0.3 is 0 Å². The number of piperazine rings is 1. The Morgan fingerprint density at radius 3 is 2.52 bits per heavy atom. The first-order chi connectivity index (χ1) is 11.0. The molecule has 3 rings (SSSR count). The maximum Gasteiger partial charge on any atom is 0.218 e. The summed E-state index contributed by atoms with van der Waals surface area (Å²) in [7, 11) is -3.40. The van der Waals surface area contributed by atoms with Gasteiger partial charge in [-0.1, -0.05) is 12.1 Å². The van der Waals surface area contributed by atoms with Gasteiger partial charge in [-0.3, -0.25) is 4.90 Å². The van der Waals surface area contributed by atoms with Gasteiger partial charge in [0.25, 0.3) is 0 Å². The minimum atomic E-state index is -3.40. The summed E-state index contributed by atoms with van der Waals surface area (Å²) in [6.07, 6.45) is 0. The number of hydrogen-bond acceptors (Lipinski definition) is 4. The van der Waals surface area contributed by atoms with Gasteiger partial charge in [0, 0.05) is 32.7 Å². The van der Waals surface area contributed by atoms with Crippen LogP contribution < -0.4 is 0 Å². The van der Waals surface area contributed by atoms with E-state index in [9.17, 15) is 12.8 Å². The Morgan fingerprint density at radius 1 is 1.09 bits per heavy atom. The number of nitrogens with zero attached hydrogens (tertiary/aromatic N) is 2. The van der Waals surface area contributed by atoms with Crippen molar-refractivity contribution in [2.45, 2.75) is 12.3 Å². The molecule has 0 aliphatic carbocycles. The lowest BCUT2D eigenvalue weighted by molar-refractivity contribution is 0.181. The van der Waals surface area contributed by atoms with Gasteiger partial charge in [0.2, 0.25) is 10.0 Å². The largest absolute Gasteiger partial charge is 0.296 e. The van der Waals surface area contributed by atoms with Crippen molar-refractivity contribution in [3.8, 4) is 0 Å². The molecule has 124 valence electrons. The third kappa shape index (κ3) is 4.38. The van der Waals surface area contributed by atoms with Crippen LogP contribution in [0.1, 0.15) is 11.1 Å².